The highest BCUT2D eigenvalue weighted by Gasteiger charge is 2.19. The van der Waals surface area contributed by atoms with Crippen molar-refractivity contribution in [1.29, 1.82) is 0 Å². The molecule has 0 aliphatic heterocycles. The van der Waals surface area contributed by atoms with E-state index in [2.05, 4.69) is 36.7 Å². The van der Waals surface area contributed by atoms with Crippen LogP contribution < -0.4 is 10.6 Å². The lowest BCUT2D eigenvalue weighted by Crippen LogP contribution is -2.33. The Morgan fingerprint density at radius 3 is 2.41 bits per heavy atom. The second-order valence-corrected chi connectivity index (χ2v) is 5.46. The average molecular weight is 303 g/mol. The van der Waals surface area contributed by atoms with Gasteiger partial charge in [0.1, 0.15) is 0 Å². The quantitative estimate of drug-likeness (QED) is 0.922. The van der Waals surface area contributed by atoms with Gasteiger partial charge in [0.2, 0.25) is 0 Å². The monoisotopic (exact) mass is 302 g/mol. The van der Waals surface area contributed by atoms with Crippen LogP contribution in [0.4, 0.5) is 10.1 Å². The van der Waals surface area contributed by atoms with Crippen molar-refractivity contribution in [3.05, 3.63) is 28.0 Å². The van der Waals surface area contributed by atoms with E-state index in [0.29, 0.717) is 22.6 Å². The predicted molar refractivity (Wildman–Crippen MR) is 74.7 cm³/mol. The van der Waals surface area contributed by atoms with Crippen LogP contribution in [0.3, 0.4) is 0 Å². The fourth-order valence-electron chi connectivity index (χ4n) is 1.68. The third-order valence-corrected chi connectivity index (χ3v) is 4.17. The van der Waals surface area contributed by atoms with Gasteiger partial charge in [-0.3, -0.25) is 0 Å². The van der Waals surface area contributed by atoms with Crippen molar-refractivity contribution in [2.45, 2.75) is 33.4 Å². The highest BCUT2D eigenvalue weighted by atomic mass is 79.9. The standard InChI is InChI=1S/C13H20BrFN2/c1-8(2)9(3)17(4)11-6-5-10(7-16)12(14)13(11)15/h5-6,8-9H,7,16H2,1-4H3. The SMILES string of the molecule is CC(C)C(C)N(C)c1ccc(CN)c(Br)c1F. The Hall–Kier alpha value is -0.610. The Morgan fingerprint density at radius 1 is 1.35 bits per heavy atom. The molecule has 1 aromatic carbocycles. The number of anilines is 1. The van der Waals surface area contributed by atoms with Gasteiger partial charge in [-0.05, 0) is 40.4 Å². The Balaban J connectivity index is 3.11. The van der Waals surface area contributed by atoms with E-state index in [1.165, 1.54) is 0 Å². The summed E-state index contributed by atoms with van der Waals surface area (Å²) >= 11 is 3.26. The zero-order chi connectivity index (χ0) is 13.2. The molecule has 0 spiro atoms. The molecule has 17 heavy (non-hydrogen) atoms. The molecule has 1 rings (SSSR count). The van der Waals surface area contributed by atoms with Crippen LogP contribution in [0.5, 0.6) is 0 Å². The lowest BCUT2D eigenvalue weighted by Gasteiger charge is -2.30. The smallest absolute Gasteiger partial charge is 0.160 e. The van der Waals surface area contributed by atoms with Gasteiger partial charge >= 0.3 is 0 Å². The summed E-state index contributed by atoms with van der Waals surface area (Å²) in [7, 11) is 1.91. The van der Waals surface area contributed by atoms with Gasteiger partial charge in [0.05, 0.1) is 10.2 Å². The molecule has 0 amide bonds. The topological polar surface area (TPSA) is 29.3 Å². The molecule has 0 aliphatic rings. The highest BCUT2D eigenvalue weighted by molar-refractivity contribution is 9.10. The molecule has 0 aromatic heterocycles. The van der Waals surface area contributed by atoms with Crippen molar-refractivity contribution < 1.29 is 4.39 Å². The minimum Gasteiger partial charge on any atom is -0.369 e. The first-order valence-electron chi connectivity index (χ1n) is 5.79. The molecule has 0 aliphatic carbocycles. The first-order chi connectivity index (χ1) is 7.90. The Labute approximate surface area is 111 Å². The van der Waals surface area contributed by atoms with E-state index < -0.39 is 0 Å². The van der Waals surface area contributed by atoms with Crippen molar-refractivity contribution >= 4 is 21.6 Å². The third kappa shape index (κ3) is 2.99. The molecule has 1 aromatic rings. The van der Waals surface area contributed by atoms with Crippen LogP contribution in [-0.2, 0) is 6.54 Å². The van der Waals surface area contributed by atoms with Crippen LogP contribution in [0.2, 0.25) is 0 Å². The van der Waals surface area contributed by atoms with Gasteiger partial charge in [0.25, 0.3) is 0 Å². The molecule has 4 heteroatoms. The number of nitrogens with two attached hydrogens (primary N) is 1. The van der Waals surface area contributed by atoms with Crippen molar-refractivity contribution in [2.75, 3.05) is 11.9 Å². The van der Waals surface area contributed by atoms with E-state index in [9.17, 15) is 4.39 Å². The van der Waals surface area contributed by atoms with E-state index in [4.69, 9.17) is 5.73 Å². The molecular weight excluding hydrogens is 283 g/mol. The molecule has 0 heterocycles. The van der Waals surface area contributed by atoms with Crippen LogP contribution in [0.15, 0.2) is 16.6 Å². The minimum atomic E-state index is -0.233. The summed E-state index contributed by atoms with van der Waals surface area (Å²) in [5.41, 5.74) is 6.94. The molecule has 0 saturated carbocycles. The molecular formula is C13H20BrFN2. The summed E-state index contributed by atoms with van der Waals surface area (Å²) in [6.45, 7) is 6.68. The Morgan fingerprint density at radius 2 is 1.94 bits per heavy atom. The van der Waals surface area contributed by atoms with Gasteiger partial charge < -0.3 is 10.6 Å². The molecule has 2 N–H and O–H groups in total. The van der Waals surface area contributed by atoms with Gasteiger partial charge in [-0.2, -0.15) is 0 Å². The maximum Gasteiger partial charge on any atom is 0.160 e. The summed E-state index contributed by atoms with van der Waals surface area (Å²) in [5.74, 6) is 0.232. The zero-order valence-corrected chi connectivity index (χ0v) is 12.4. The van der Waals surface area contributed by atoms with Crippen molar-refractivity contribution in [1.82, 2.24) is 0 Å². The summed E-state index contributed by atoms with van der Waals surface area (Å²) < 4.78 is 14.7. The summed E-state index contributed by atoms with van der Waals surface area (Å²) in [6.07, 6.45) is 0. The van der Waals surface area contributed by atoms with Gasteiger partial charge in [-0.1, -0.05) is 19.9 Å². The van der Waals surface area contributed by atoms with Crippen LogP contribution in [0.1, 0.15) is 26.3 Å². The van der Waals surface area contributed by atoms with E-state index >= 15 is 0 Å². The first kappa shape index (κ1) is 14.5. The normalized spacial score (nSPS) is 12.9. The van der Waals surface area contributed by atoms with Gasteiger partial charge in [0.15, 0.2) is 5.82 Å². The van der Waals surface area contributed by atoms with Crippen molar-refractivity contribution in [3.8, 4) is 0 Å². The molecule has 0 radical (unpaired) electrons. The number of hydrogen-bond acceptors (Lipinski definition) is 2. The third-order valence-electron chi connectivity index (χ3n) is 3.32. The number of halogens is 2. The highest BCUT2D eigenvalue weighted by Crippen LogP contribution is 2.30. The fraction of sp³-hybridized carbons (Fsp3) is 0.538. The molecule has 0 bridgehead atoms. The van der Waals surface area contributed by atoms with Gasteiger partial charge in [0, 0.05) is 19.6 Å². The van der Waals surface area contributed by atoms with Gasteiger partial charge in [-0.25, -0.2) is 4.39 Å². The molecule has 2 nitrogen and oxygen atoms in total. The summed E-state index contributed by atoms with van der Waals surface area (Å²) in [4.78, 5) is 1.96. The number of rotatable bonds is 4. The second-order valence-electron chi connectivity index (χ2n) is 4.67. The lowest BCUT2D eigenvalue weighted by molar-refractivity contribution is 0.496. The number of benzene rings is 1. The number of hydrogen-bond donors (Lipinski definition) is 1. The summed E-state index contributed by atoms with van der Waals surface area (Å²) in [6, 6.07) is 3.94. The lowest BCUT2D eigenvalue weighted by atomic mass is 10.0. The molecule has 1 unspecified atom stereocenters. The van der Waals surface area contributed by atoms with E-state index in [0.717, 1.165) is 5.56 Å². The maximum absolute atomic E-state index is 14.2. The van der Waals surface area contributed by atoms with Crippen LogP contribution in [-0.4, -0.2) is 13.1 Å². The molecule has 1 atom stereocenters. The molecule has 96 valence electrons. The average Bonchev–Trinajstić information content (AvgIpc) is 2.30. The number of nitrogens with zero attached hydrogens (tertiary/aromatic N) is 1. The molecule has 0 fully saturated rings. The predicted octanol–water partition coefficient (Wildman–Crippen LogP) is 3.53. The second kappa shape index (κ2) is 5.83. The minimum absolute atomic E-state index is 0.233. The fourth-order valence-corrected chi connectivity index (χ4v) is 2.17. The zero-order valence-electron chi connectivity index (χ0n) is 10.8. The molecule has 0 saturated heterocycles. The first-order valence-corrected chi connectivity index (χ1v) is 6.59. The Bertz CT molecular complexity index is 393. The Kier molecular flexibility index (Phi) is 4.95. The van der Waals surface area contributed by atoms with Crippen LogP contribution >= 0.6 is 15.9 Å². The van der Waals surface area contributed by atoms with E-state index in [1.807, 2.05) is 18.0 Å². The van der Waals surface area contributed by atoms with Gasteiger partial charge in [-0.15, -0.1) is 0 Å². The summed E-state index contributed by atoms with van der Waals surface area (Å²) in [5, 5.41) is 0. The van der Waals surface area contributed by atoms with Crippen LogP contribution in [0, 0.1) is 11.7 Å². The van der Waals surface area contributed by atoms with E-state index in [1.54, 1.807) is 6.07 Å². The van der Waals surface area contributed by atoms with Crippen molar-refractivity contribution in [2.24, 2.45) is 11.7 Å². The van der Waals surface area contributed by atoms with Crippen molar-refractivity contribution in [3.63, 3.8) is 0 Å². The largest absolute Gasteiger partial charge is 0.369 e. The van der Waals surface area contributed by atoms with Crippen LogP contribution in [0.25, 0.3) is 0 Å². The maximum atomic E-state index is 14.2. The van der Waals surface area contributed by atoms with E-state index in [-0.39, 0.29) is 11.9 Å².